The number of carbonyl (C=O) groups is 2. The van der Waals surface area contributed by atoms with E-state index in [0.29, 0.717) is 0 Å². The molecule has 2 aromatic carbocycles. The van der Waals surface area contributed by atoms with Gasteiger partial charge in [0.05, 0.1) is 16.4 Å². The first-order chi connectivity index (χ1) is 12.5. The Labute approximate surface area is 167 Å². The van der Waals surface area contributed by atoms with Crippen LogP contribution in [0.25, 0.3) is 0 Å². The van der Waals surface area contributed by atoms with Crippen molar-refractivity contribution >= 4 is 46.4 Å². The molecule has 0 saturated carbocycles. The molecule has 0 heterocycles. The zero-order valence-electron chi connectivity index (χ0n) is 15.1. The Hall–Kier alpha value is -2.44. The van der Waals surface area contributed by atoms with Crippen LogP contribution in [0.5, 0.6) is 11.5 Å². The van der Waals surface area contributed by atoms with E-state index in [0.717, 1.165) is 12.0 Å². The summed E-state index contributed by atoms with van der Waals surface area (Å²) in [5.41, 5.74) is 0.764. The van der Waals surface area contributed by atoms with Crippen LogP contribution in [0, 0.1) is 0 Å². The average Bonchev–Trinajstić information content (AvgIpc) is 2.60. The zero-order chi connectivity index (χ0) is 20.4. The molecule has 0 bridgehead atoms. The first kappa shape index (κ1) is 20.9. The molecule has 0 fully saturated rings. The molecule has 2 rings (SSSR count). The topological polar surface area (TPSA) is 98.7 Å². The Bertz CT molecular complexity index is 898. The summed E-state index contributed by atoms with van der Waals surface area (Å²) in [6.45, 7) is 6.11. The largest absolute Gasteiger partial charge is 0.506 e. The van der Waals surface area contributed by atoms with Gasteiger partial charge in [0.1, 0.15) is 5.75 Å². The molecule has 2 aromatic rings. The second-order valence-electron chi connectivity index (χ2n) is 6.66. The molecule has 0 aromatic heterocycles. The predicted octanol–water partition coefficient (Wildman–Crippen LogP) is 4.67. The summed E-state index contributed by atoms with van der Waals surface area (Å²) < 4.78 is 0. The van der Waals surface area contributed by atoms with Crippen LogP contribution in [-0.2, 0) is 15.0 Å². The maximum absolute atomic E-state index is 12.1. The molecule has 4 N–H and O–H groups in total. The van der Waals surface area contributed by atoms with Crippen molar-refractivity contribution in [1.29, 1.82) is 0 Å². The minimum atomic E-state index is -1.05. The first-order valence-corrected chi connectivity index (χ1v) is 8.94. The Kier molecular flexibility index (Phi) is 6.23. The standard InChI is InChI=1S/C19H20Cl2N2O4/c1-4-19(2,3)10-5-6-13(15(24)7-10)22-17(26)18(27)23-14-9-11(20)8-12(21)16(14)25/h5-9,24-25H,4H2,1-3H3,(H,22,26)(H,23,27). The van der Waals surface area contributed by atoms with Crippen LogP contribution in [0.2, 0.25) is 10.0 Å². The Morgan fingerprint density at radius 1 is 1.00 bits per heavy atom. The molecule has 6 nitrogen and oxygen atoms in total. The molecule has 144 valence electrons. The highest BCUT2D eigenvalue weighted by molar-refractivity contribution is 6.44. The number of carbonyl (C=O) groups excluding carboxylic acids is 2. The van der Waals surface area contributed by atoms with Crippen molar-refractivity contribution < 1.29 is 19.8 Å². The van der Waals surface area contributed by atoms with E-state index in [9.17, 15) is 19.8 Å². The number of hydrogen-bond acceptors (Lipinski definition) is 4. The predicted molar refractivity (Wildman–Crippen MR) is 107 cm³/mol. The number of phenolic OH excluding ortho intramolecular Hbond substituents is 2. The number of benzene rings is 2. The van der Waals surface area contributed by atoms with Gasteiger partial charge in [-0.05, 0) is 41.7 Å². The average molecular weight is 411 g/mol. The number of amides is 2. The molecule has 0 aliphatic rings. The third-order valence-corrected chi connectivity index (χ3v) is 4.90. The van der Waals surface area contributed by atoms with Gasteiger partial charge in [-0.15, -0.1) is 0 Å². The maximum Gasteiger partial charge on any atom is 0.314 e. The van der Waals surface area contributed by atoms with Crippen molar-refractivity contribution in [3.8, 4) is 11.5 Å². The highest BCUT2D eigenvalue weighted by Gasteiger charge is 2.21. The van der Waals surface area contributed by atoms with E-state index in [1.165, 1.54) is 18.2 Å². The zero-order valence-corrected chi connectivity index (χ0v) is 16.6. The molecule has 0 atom stereocenters. The molecule has 0 unspecified atom stereocenters. The van der Waals surface area contributed by atoms with Gasteiger partial charge in [0, 0.05) is 5.02 Å². The van der Waals surface area contributed by atoms with E-state index in [2.05, 4.69) is 10.6 Å². The summed E-state index contributed by atoms with van der Waals surface area (Å²) in [6.07, 6.45) is 0.867. The summed E-state index contributed by atoms with van der Waals surface area (Å²) >= 11 is 11.6. The Balaban J connectivity index is 2.14. The van der Waals surface area contributed by atoms with Crippen LogP contribution in [0.1, 0.15) is 32.8 Å². The van der Waals surface area contributed by atoms with Crippen LogP contribution in [0.4, 0.5) is 11.4 Å². The molecular weight excluding hydrogens is 391 g/mol. The third-order valence-electron chi connectivity index (χ3n) is 4.39. The highest BCUT2D eigenvalue weighted by atomic mass is 35.5. The van der Waals surface area contributed by atoms with Crippen LogP contribution < -0.4 is 10.6 Å². The minimum absolute atomic E-state index is 0.0648. The quantitative estimate of drug-likeness (QED) is 0.434. The van der Waals surface area contributed by atoms with Crippen molar-refractivity contribution in [3.05, 3.63) is 45.9 Å². The van der Waals surface area contributed by atoms with Gasteiger partial charge in [-0.3, -0.25) is 9.59 Å². The highest BCUT2D eigenvalue weighted by Crippen LogP contribution is 2.35. The van der Waals surface area contributed by atoms with E-state index in [1.807, 2.05) is 20.8 Å². The number of anilines is 2. The van der Waals surface area contributed by atoms with Gasteiger partial charge in [0.15, 0.2) is 5.75 Å². The molecule has 0 spiro atoms. The van der Waals surface area contributed by atoms with E-state index in [1.54, 1.807) is 12.1 Å². The Morgan fingerprint density at radius 2 is 1.59 bits per heavy atom. The van der Waals surface area contributed by atoms with Gasteiger partial charge in [-0.2, -0.15) is 0 Å². The van der Waals surface area contributed by atoms with Crippen molar-refractivity contribution in [2.45, 2.75) is 32.6 Å². The molecule has 0 saturated heterocycles. The molecule has 2 amide bonds. The lowest BCUT2D eigenvalue weighted by atomic mass is 9.82. The SMILES string of the molecule is CCC(C)(C)c1ccc(NC(=O)C(=O)Nc2cc(Cl)cc(Cl)c2O)c(O)c1. The monoisotopic (exact) mass is 410 g/mol. The number of rotatable bonds is 4. The lowest BCUT2D eigenvalue weighted by Crippen LogP contribution is -2.29. The summed E-state index contributed by atoms with van der Waals surface area (Å²) in [6, 6.07) is 7.42. The van der Waals surface area contributed by atoms with Gasteiger partial charge in [0.2, 0.25) is 0 Å². The van der Waals surface area contributed by atoms with Gasteiger partial charge in [-0.1, -0.05) is 50.0 Å². The second kappa shape index (κ2) is 8.06. The van der Waals surface area contributed by atoms with Crippen LogP contribution >= 0.6 is 23.2 Å². The summed E-state index contributed by atoms with van der Waals surface area (Å²) in [4.78, 5) is 24.2. The number of phenols is 2. The smallest absolute Gasteiger partial charge is 0.314 e. The number of aromatic hydroxyl groups is 2. The normalized spacial score (nSPS) is 11.1. The summed E-state index contributed by atoms with van der Waals surface area (Å²) in [7, 11) is 0. The van der Waals surface area contributed by atoms with Gasteiger partial charge in [-0.25, -0.2) is 0 Å². The number of hydrogen-bond donors (Lipinski definition) is 4. The first-order valence-electron chi connectivity index (χ1n) is 8.19. The van der Waals surface area contributed by atoms with Gasteiger partial charge < -0.3 is 20.8 Å². The maximum atomic E-state index is 12.1. The van der Waals surface area contributed by atoms with E-state index in [-0.39, 0.29) is 32.6 Å². The molecular formula is C19H20Cl2N2O4. The van der Waals surface area contributed by atoms with Crippen molar-refractivity contribution in [1.82, 2.24) is 0 Å². The lowest BCUT2D eigenvalue weighted by Gasteiger charge is -2.24. The van der Waals surface area contributed by atoms with Crippen molar-refractivity contribution in [3.63, 3.8) is 0 Å². The molecule has 0 aliphatic heterocycles. The number of halogens is 2. The van der Waals surface area contributed by atoms with Crippen LogP contribution in [0.3, 0.4) is 0 Å². The fourth-order valence-corrected chi connectivity index (χ4v) is 2.78. The van der Waals surface area contributed by atoms with Crippen LogP contribution in [0.15, 0.2) is 30.3 Å². The second-order valence-corrected chi connectivity index (χ2v) is 7.51. The lowest BCUT2D eigenvalue weighted by molar-refractivity contribution is -0.133. The van der Waals surface area contributed by atoms with Crippen LogP contribution in [-0.4, -0.2) is 22.0 Å². The third kappa shape index (κ3) is 4.84. The van der Waals surface area contributed by atoms with Crippen molar-refractivity contribution in [2.75, 3.05) is 10.6 Å². The van der Waals surface area contributed by atoms with Gasteiger partial charge in [0.25, 0.3) is 0 Å². The summed E-state index contributed by atoms with van der Waals surface area (Å²) in [5, 5.41) is 24.7. The van der Waals surface area contributed by atoms with E-state index in [4.69, 9.17) is 23.2 Å². The summed E-state index contributed by atoms with van der Waals surface area (Å²) in [5.74, 6) is -2.63. The molecule has 27 heavy (non-hydrogen) atoms. The minimum Gasteiger partial charge on any atom is -0.506 e. The molecule has 0 radical (unpaired) electrons. The Morgan fingerprint density at radius 3 is 2.15 bits per heavy atom. The van der Waals surface area contributed by atoms with E-state index >= 15 is 0 Å². The molecule has 8 heteroatoms. The fraction of sp³-hybridized carbons (Fsp3) is 0.263. The van der Waals surface area contributed by atoms with Gasteiger partial charge >= 0.3 is 11.8 Å². The van der Waals surface area contributed by atoms with Crippen molar-refractivity contribution in [2.24, 2.45) is 0 Å². The fourth-order valence-electron chi connectivity index (χ4n) is 2.28. The molecule has 0 aliphatic carbocycles. The number of nitrogens with one attached hydrogen (secondary N) is 2. The van der Waals surface area contributed by atoms with E-state index < -0.39 is 17.6 Å².